The molecule has 0 spiro atoms. The lowest BCUT2D eigenvalue weighted by Crippen LogP contribution is -2.23. The first-order chi connectivity index (χ1) is 6.89. The van der Waals surface area contributed by atoms with Gasteiger partial charge in [0.2, 0.25) is 0 Å². The van der Waals surface area contributed by atoms with Crippen LogP contribution in [0.3, 0.4) is 0 Å². The van der Waals surface area contributed by atoms with Crippen molar-refractivity contribution in [2.24, 2.45) is 5.73 Å². The van der Waals surface area contributed by atoms with Gasteiger partial charge in [-0.05, 0) is 30.0 Å². The molecule has 0 aromatic heterocycles. The minimum atomic E-state index is 0.0762. The summed E-state index contributed by atoms with van der Waals surface area (Å²) >= 11 is 0. The van der Waals surface area contributed by atoms with E-state index in [0.717, 1.165) is 5.75 Å². The predicted molar refractivity (Wildman–Crippen MR) is 64.3 cm³/mol. The van der Waals surface area contributed by atoms with Crippen molar-refractivity contribution in [3.63, 3.8) is 0 Å². The molecular weight excluding hydrogens is 186 g/mol. The van der Waals surface area contributed by atoms with Gasteiger partial charge < -0.3 is 10.5 Å². The molecule has 1 aromatic carbocycles. The molecule has 1 rings (SSSR count). The fraction of sp³-hybridized carbons (Fsp3) is 0.538. The zero-order chi connectivity index (χ0) is 11.5. The van der Waals surface area contributed by atoms with E-state index in [9.17, 15) is 0 Å². The van der Waals surface area contributed by atoms with Crippen molar-refractivity contribution in [2.75, 3.05) is 6.61 Å². The monoisotopic (exact) mass is 207 g/mol. The summed E-state index contributed by atoms with van der Waals surface area (Å²) in [6.07, 6.45) is 0. The summed E-state index contributed by atoms with van der Waals surface area (Å²) in [5.74, 6) is 0.889. The summed E-state index contributed by atoms with van der Waals surface area (Å²) in [4.78, 5) is 0. The van der Waals surface area contributed by atoms with E-state index < -0.39 is 0 Å². The molecule has 1 unspecified atom stereocenters. The molecule has 0 aliphatic heterocycles. The third-order valence-corrected chi connectivity index (χ3v) is 2.23. The summed E-state index contributed by atoms with van der Waals surface area (Å²) in [5.41, 5.74) is 7.12. The van der Waals surface area contributed by atoms with E-state index in [0.29, 0.717) is 6.61 Å². The maximum Gasteiger partial charge on any atom is 0.119 e. The van der Waals surface area contributed by atoms with Crippen molar-refractivity contribution in [2.45, 2.75) is 39.2 Å². The second-order valence-corrected chi connectivity index (χ2v) is 5.06. The molecule has 0 saturated heterocycles. The highest BCUT2D eigenvalue weighted by atomic mass is 16.5. The van der Waals surface area contributed by atoms with Gasteiger partial charge >= 0.3 is 0 Å². The molecule has 0 radical (unpaired) electrons. The van der Waals surface area contributed by atoms with Crippen LogP contribution in [0.5, 0.6) is 5.75 Å². The fourth-order valence-electron chi connectivity index (χ4n) is 1.28. The Hall–Kier alpha value is -1.02. The Bertz CT molecular complexity index is 295. The Morgan fingerprint density at radius 3 is 2.13 bits per heavy atom. The molecule has 2 heteroatoms. The van der Waals surface area contributed by atoms with Crippen LogP contribution in [0.2, 0.25) is 0 Å². The number of benzene rings is 1. The molecule has 0 aliphatic carbocycles. The average Bonchev–Trinajstić information content (AvgIpc) is 2.14. The molecule has 0 amide bonds. The molecule has 0 fully saturated rings. The molecule has 2 nitrogen and oxygen atoms in total. The second-order valence-electron chi connectivity index (χ2n) is 5.06. The minimum Gasteiger partial charge on any atom is -0.492 e. The standard InChI is InChI=1S/C13H21NO/c1-10(14)9-15-12-7-5-11(6-8-12)13(2,3)4/h5-8,10H,9,14H2,1-4H3. The van der Waals surface area contributed by atoms with Crippen LogP contribution in [0.4, 0.5) is 0 Å². The fourth-order valence-corrected chi connectivity index (χ4v) is 1.28. The van der Waals surface area contributed by atoms with Gasteiger partial charge in [-0.15, -0.1) is 0 Å². The Morgan fingerprint density at radius 1 is 1.20 bits per heavy atom. The van der Waals surface area contributed by atoms with Gasteiger partial charge in [-0.25, -0.2) is 0 Å². The van der Waals surface area contributed by atoms with Gasteiger partial charge in [0.1, 0.15) is 12.4 Å². The Labute approximate surface area is 92.4 Å². The second kappa shape index (κ2) is 4.67. The van der Waals surface area contributed by atoms with E-state index in [-0.39, 0.29) is 11.5 Å². The van der Waals surface area contributed by atoms with Gasteiger partial charge in [0.15, 0.2) is 0 Å². The van der Waals surface area contributed by atoms with Gasteiger partial charge in [0.05, 0.1) is 0 Å². The van der Waals surface area contributed by atoms with Crippen molar-refractivity contribution in [1.29, 1.82) is 0 Å². The molecule has 0 aliphatic rings. The van der Waals surface area contributed by atoms with E-state index in [1.165, 1.54) is 5.56 Å². The van der Waals surface area contributed by atoms with E-state index in [4.69, 9.17) is 10.5 Å². The molecule has 84 valence electrons. The smallest absolute Gasteiger partial charge is 0.119 e. The number of ether oxygens (including phenoxy) is 1. The topological polar surface area (TPSA) is 35.2 Å². The molecule has 1 atom stereocenters. The van der Waals surface area contributed by atoms with E-state index >= 15 is 0 Å². The number of nitrogens with two attached hydrogens (primary N) is 1. The summed E-state index contributed by atoms with van der Waals surface area (Å²) < 4.78 is 5.51. The van der Waals surface area contributed by atoms with Crippen LogP contribution in [-0.2, 0) is 5.41 Å². The van der Waals surface area contributed by atoms with Gasteiger partial charge in [0.25, 0.3) is 0 Å². The summed E-state index contributed by atoms with van der Waals surface area (Å²) in [6.45, 7) is 9.10. The van der Waals surface area contributed by atoms with Gasteiger partial charge in [-0.3, -0.25) is 0 Å². The zero-order valence-corrected chi connectivity index (χ0v) is 10.1. The summed E-state index contributed by atoms with van der Waals surface area (Å²) in [5, 5.41) is 0. The quantitative estimate of drug-likeness (QED) is 0.827. The first kappa shape index (κ1) is 12.1. The van der Waals surface area contributed by atoms with Crippen molar-refractivity contribution in [3.8, 4) is 5.75 Å². The highest BCUT2D eigenvalue weighted by molar-refractivity contribution is 5.31. The van der Waals surface area contributed by atoms with Crippen molar-refractivity contribution >= 4 is 0 Å². The molecule has 0 heterocycles. The van der Waals surface area contributed by atoms with E-state index in [1.54, 1.807) is 0 Å². The minimum absolute atomic E-state index is 0.0762. The third-order valence-electron chi connectivity index (χ3n) is 2.23. The maximum absolute atomic E-state index is 5.61. The Kier molecular flexibility index (Phi) is 3.75. The normalized spacial score (nSPS) is 13.7. The largest absolute Gasteiger partial charge is 0.492 e. The lowest BCUT2D eigenvalue weighted by atomic mass is 9.87. The molecule has 1 aromatic rings. The van der Waals surface area contributed by atoms with Crippen LogP contribution in [0.1, 0.15) is 33.3 Å². The lowest BCUT2D eigenvalue weighted by Gasteiger charge is -2.19. The van der Waals surface area contributed by atoms with Gasteiger partial charge in [-0.2, -0.15) is 0 Å². The van der Waals surface area contributed by atoms with E-state index in [2.05, 4.69) is 32.9 Å². The Balaban J connectivity index is 2.65. The molecule has 2 N–H and O–H groups in total. The predicted octanol–water partition coefficient (Wildman–Crippen LogP) is 2.71. The summed E-state index contributed by atoms with van der Waals surface area (Å²) in [7, 11) is 0. The average molecular weight is 207 g/mol. The first-order valence-electron chi connectivity index (χ1n) is 5.38. The van der Waals surface area contributed by atoms with Gasteiger partial charge in [-0.1, -0.05) is 32.9 Å². The van der Waals surface area contributed by atoms with Crippen LogP contribution in [0.25, 0.3) is 0 Å². The SMILES string of the molecule is CC(N)COc1ccc(C(C)(C)C)cc1. The molecule has 0 saturated carbocycles. The van der Waals surface area contributed by atoms with Crippen molar-refractivity contribution in [1.82, 2.24) is 0 Å². The molecular formula is C13H21NO. The highest BCUT2D eigenvalue weighted by Gasteiger charge is 2.12. The van der Waals surface area contributed by atoms with Crippen molar-refractivity contribution < 1.29 is 4.74 Å². The van der Waals surface area contributed by atoms with Crippen LogP contribution >= 0.6 is 0 Å². The zero-order valence-electron chi connectivity index (χ0n) is 10.1. The Morgan fingerprint density at radius 2 is 1.73 bits per heavy atom. The maximum atomic E-state index is 5.61. The number of rotatable bonds is 3. The van der Waals surface area contributed by atoms with E-state index in [1.807, 2.05) is 19.1 Å². The van der Waals surface area contributed by atoms with Gasteiger partial charge in [0, 0.05) is 6.04 Å². The third kappa shape index (κ3) is 3.92. The summed E-state index contributed by atoms with van der Waals surface area (Å²) in [6, 6.07) is 8.30. The van der Waals surface area contributed by atoms with Crippen molar-refractivity contribution in [3.05, 3.63) is 29.8 Å². The molecule has 0 bridgehead atoms. The van der Waals surface area contributed by atoms with Crippen LogP contribution in [-0.4, -0.2) is 12.6 Å². The van der Waals surface area contributed by atoms with Crippen LogP contribution in [0.15, 0.2) is 24.3 Å². The lowest BCUT2D eigenvalue weighted by molar-refractivity contribution is 0.296. The number of hydrogen-bond donors (Lipinski definition) is 1. The highest BCUT2D eigenvalue weighted by Crippen LogP contribution is 2.24. The van der Waals surface area contributed by atoms with Crippen LogP contribution in [0, 0.1) is 0 Å². The van der Waals surface area contributed by atoms with Crippen LogP contribution < -0.4 is 10.5 Å². The first-order valence-corrected chi connectivity index (χ1v) is 5.38. The number of hydrogen-bond acceptors (Lipinski definition) is 2. The molecule has 15 heavy (non-hydrogen) atoms.